The summed E-state index contributed by atoms with van der Waals surface area (Å²) in [5.74, 6) is 0.545. The smallest absolute Gasteiger partial charge is 0.246 e. The normalized spacial score (nSPS) is 11.1. The lowest BCUT2D eigenvalue weighted by molar-refractivity contribution is -0.116. The molecule has 0 unspecified atom stereocenters. The van der Waals surface area contributed by atoms with Crippen molar-refractivity contribution in [2.75, 3.05) is 12.1 Å². The number of aromatic nitrogens is 1. The van der Waals surface area contributed by atoms with Gasteiger partial charge in [0, 0.05) is 11.9 Å². The van der Waals surface area contributed by atoms with Gasteiger partial charge in [-0.05, 0) is 48.0 Å². The molecule has 0 saturated carbocycles. The number of fused-ring (bicyclic) bond motifs is 1. The summed E-state index contributed by atoms with van der Waals surface area (Å²) in [6, 6.07) is 12.8. The van der Waals surface area contributed by atoms with Gasteiger partial charge in [0.25, 0.3) is 0 Å². The van der Waals surface area contributed by atoms with Crippen molar-refractivity contribution in [1.29, 1.82) is 0 Å². The average Bonchev–Trinajstić information content (AvgIpc) is 2.98. The maximum absolute atomic E-state index is 11.9. The lowest BCUT2D eigenvalue weighted by Gasteiger charge is -2.10. The summed E-state index contributed by atoms with van der Waals surface area (Å²) in [5, 5.41) is 6.69. The van der Waals surface area contributed by atoms with Gasteiger partial charge in [0.2, 0.25) is 11.0 Å². The summed E-state index contributed by atoms with van der Waals surface area (Å²) in [7, 11) is 1.61. The number of benzene rings is 2. The molecule has 0 fully saturated rings. The van der Waals surface area contributed by atoms with Gasteiger partial charge in [0.05, 0.1) is 23.5 Å². The van der Waals surface area contributed by atoms with Crippen molar-refractivity contribution in [2.45, 2.75) is 6.92 Å². The first-order chi connectivity index (χ1) is 11.6. The third kappa shape index (κ3) is 3.55. The minimum absolute atomic E-state index is 0.218. The van der Waals surface area contributed by atoms with Crippen molar-refractivity contribution in [3.05, 3.63) is 53.1 Å². The molecular weight excluding hydrogens is 346 g/mol. The molecule has 0 atom stereocenters. The molecule has 1 heterocycles. The summed E-state index contributed by atoms with van der Waals surface area (Å²) in [4.78, 5) is 16.4. The van der Waals surface area contributed by atoms with Crippen molar-refractivity contribution >= 4 is 50.4 Å². The number of thiazole rings is 1. The van der Waals surface area contributed by atoms with Gasteiger partial charge in [-0.15, -0.1) is 0 Å². The summed E-state index contributed by atoms with van der Waals surface area (Å²) in [6.45, 7) is 1.45. The van der Waals surface area contributed by atoms with Gasteiger partial charge < -0.3 is 4.74 Å². The fourth-order valence-corrected chi connectivity index (χ4v) is 3.30. The number of amides is 1. The molecule has 1 amide bonds. The molecule has 0 aliphatic carbocycles. The first kappa shape index (κ1) is 16.4. The number of rotatable bonds is 4. The molecule has 24 heavy (non-hydrogen) atoms. The molecule has 3 aromatic rings. The Morgan fingerprint density at radius 1 is 1.29 bits per heavy atom. The van der Waals surface area contributed by atoms with Crippen LogP contribution in [0.4, 0.5) is 5.13 Å². The topological polar surface area (TPSA) is 54.8 Å². The van der Waals surface area contributed by atoms with E-state index in [-0.39, 0.29) is 5.91 Å². The first-order valence-corrected chi connectivity index (χ1v) is 8.31. The fraction of sp³-hybridized carbons (Fsp3) is 0.118. The average molecular weight is 360 g/mol. The first-order valence-electron chi connectivity index (χ1n) is 7.11. The zero-order valence-corrected chi connectivity index (χ0v) is 14.6. The monoisotopic (exact) mass is 359 g/mol. The molecule has 1 aromatic heterocycles. The maximum atomic E-state index is 11.9. The van der Waals surface area contributed by atoms with Crippen molar-refractivity contribution in [3.63, 3.8) is 0 Å². The summed E-state index contributed by atoms with van der Waals surface area (Å²) in [5.41, 5.74) is 1.64. The van der Waals surface area contributed by atoms with Crippen LogP contribution in [0.5, 0.6) is 5.75 Å². The van der Waals surface area contributed by atoms with Crippen LogP contribution in [0.25, 0.3) is 10.2 Å². The van der Waals surface area contributed by atoms with Crippen LogP contribution in [-0.4, -0.2) is 24.2 Å². The number of methoxy groups -OCH3 is 1. The zero-order chi connectivity index (χ0) is 17.1. The number of hydrogen-bond donors (Lipinski definition) is 0. The number of hydrazone groups is 1. The second-order valence-corrected chi connectivity index (χ2v) is 6.40. The predicted octanol–water partition coefficient (Wildman–Crippen LogP) is 4.35. The Kier molecular flexibility index (Phi) is 4.78. The molecule has 5 nitrogen and oxygen atoms in total. The minimum atomic E-state index is -0.218. The Labute approximate surface area is 148 Å². The Hall–Kier alpha value is -2.44. The van der Waals surface area contributed by atoms with Crippen molar-refractivity contribution < 1.29 is 9.53 Å². The van der Waals surface area contributed by atoms with Crippen LogP contribution < -0.4 is 9.75 Å². The van der Waals surface area contributed by atoms with Crippen LogP contribution in [0.1, 0.15) is 12.5 Å². The van der Waals surface area contributed by atoms with Gasteiger partial charge in [-0.25, -0.2) is 4.98 Å². The molecule has 2 aromatic carbocycles. The highest BCUT2D eigenvalue weighted by atomic mass is 35.5. The number of anilines is 1. The highest BCUT2D eigenvalue weighted by Gasteiger charge is 2.15. The van der Waals surface area contributed by atoms with Crippen LogP contribution in [0, 0.1) is 0 Å². The van der Waals surface area contributed by atoms with E-state index >= 15 is 0 Å². The van der Waals surface area contributed by atoms with Crippen LogP contribution in [0.2, 0.25) is 5.02 Å². The van der Waals surface area contributed by atoms with E-state index in [1.54, 1.807) is 19.4 Å². The zero-order valence-electron chi connectivity index (χ0n) is 13.1. The van der Waals surface area contributed by atoms with Crippen molar-refractivity contribution in [1.82, 2.24) is 4.98 Å². The van der Waals surface area contributed by atoms with E-state index in [0.717, 1.165) is 21.5 Å². The van der Waals surface area contributed by atoms with E-state index in [2.05, 4.69) is 10.1 Å². The Bertz CT molecular complexity index is 906. The number of carbonyl (C=O) groups excluding carboxylic acids is 1. The summed E-state index contributed by atoms with van der Waals surface area (Å²) < 4.78 is 6.02. The predicted molar refractivity (Wildman–Crippen MR) is 98.4 cm³/mol. The van der Waals surface area contributed by atoms with Crippen LogP contribution in [0.15, 0.2) is 47.6 Å². The van der Waals surface area contributed by atoms with E-state index in [9.17, 15) is 4.79 Å². The highest BCUT2D eigenvalue weighted by Crippen LogP contribution is 2.31. The third-order valence-corrected chi connectivity index (χ3v) is 4.49. The molecule has 0 aliphatic rings. The van der Waals surface area contributed by atoms with Crippen LogP contribution in [0.3, 0.4) is 0 Å². The fourth-order valence-electron chi connectivity index (χ4n) is 2.06. The molecule has 0 spiro atoms. The third-order valence-electron chi connectivity index (χ3n) is 3.26. The number of carbonyl (C=O) groups is 1. The molecule has 0 radical (unpaired) electrons. The Balaban J connectivity index is 1.90. The van der Waals surface area contributed by atoms with Gasteiger partial charge in [0.15, 0.2) is 0 Å². The molecule has 0 aliphatic heterocycles. The van der Waals surface area contributed by atoms with E-state index < -0.39 is 0 Å². The quantitative estimate of drug-likeness (QED) is 0.514. The highest BCUT2D eigenvalue weighted by molar-refractivity contribution is 7.22. The van der Waals surface area contributed by atoms with Gasteiger partial charge in [-0.2, -0.15) is 10.1 Å². The standard InChI is InChI=1S/C17H14ClN3O2S/c1-11(22)21(19-10-12-3-6-14(23-2)7-4-12)17-20-15-8-5-13(18)9-16(15)24-17/h3-10H,1-2H3. The second kappa shape index (κ2) is 6.98. The number of nitrogens with zero attached hydrogens (tertiary/aromatic N) is 3. The largest absolute Gasteiger partial charge is 0.497 e. The number of halogens is 1. The van der Waals surface area contributed by atoms with Crippen molar-refractivity contribution in [2.24, 2.45) is 5.10 Å². The van der Waals surface area contributed by atoms with Crippen LogP contribution in [-0.2, 0) is 4.79 Å². The Morgan fingerprint density at radius 3 is 2.71 bits per heavy atom. The maximum Gasteiger partial charge on any atom is 0.246 e. The minimum Gasteiger partial charge on any atom is -0.497 e. The van der Waals surface area contributed by atoms with Gasteiger partial charge in [-0.1, -0.05) is 22.9 Å². The van der Waals surface area contributed by atoms with Gasteiger partial charge in [-0.3, -0.25) is 4.79 Å². The molecule has 3 rings (SSSR count). The number of ether oxygens (including phenoxy) is 1. The summed E-state index contributed by atoms with van der Waals surface area (Å²) >= 11 is 7.36. The molecule has 7 heteroatoms. The lowest BCUT2D eigenvalue weighted by Crippen LogP contribution is -2.22. The number of hydrogen-bond acceptors (Lipinski definition) is 5. The molecular formula is C17H14ClN3O2S. The van der Waals surface area contributed by atoms with E-state index in [1.807, 2.05) is 36.4 Å². The molecule has 0 saturated heterocycles. The van der Waals surface area contributed by atoms with E-state index in [1.165, 1.54) is 23.3 Å². The molecule has 0 N–H and O–H groups in total. The van der Waals surface area contributed by atoms with Gasteiger partial charge in [0.1, 0.15) is 5.75 Å². The van der Waals surface area contributed by atoms with Crippen LogP contribution >= 0.6 is 22.9 Å². The molecule has 0 bridgehead atoms. The lowest BCUT2D eigenvalue weighted by atomic mass is 10.2. The molecule has 122 valence electrons. The van der Waals surface area contributed by atoms with Gasteiger partial charge >= 0.3 is 0 Å². The van der Waals surface area contributed by atoms with E-state index in [0.29, 0.717) is 10.2 Å². The SMILES string of the molecule is COc1ccc(C=NN(C(C)=O)c2nc3ccc(Cl)cc3s2)cc1. The second-order valence-electron chi connectivity index (χ2n) is 4.96. The van der Waals surface area contributed by atoms with E-state index in [4.69, 9.17) is 16.3 Å². The van der Waals surface area contributed by atoms with Crippen molar-refractivity contribution in [3.8, 4) is 5.75 Å². The summed E-state index contributed by atoms with van der Waals surface area (Å²) in [6.07, 6.45) is 1.61. The Morgan fingerprint density at radius 2 is 2.04 bits per heavy atom.